The van der Waals surface area contributed by atoms with E-state index in [1.807, 2.05) is 36.4 Å². The molecule has 0 radical (unpaired) electrons. The van der Waals surface area contributed by atoms with Crippen molar-refractivity contribution in [3.05, 3.63) is 134 Å². The Morgan fingerprint density at radius 2 is 0.361 bits per heavy atom. The highest BCUT2D eigenvalue weighted by molar-refractivity contribution is 5.12. The molecule has 0 spiro atoms. The Morgan fingerprint density at radius 1 is 0.145 bits per heavy atom. The fraction of sp³-hybridized carbons (Fsp3) is 0.735. The van der Waals surface area contributed by atoms with Crippen molar-refractivity contribution >= 4 is 0 Å². The second kappa shape index (κ2) is 62.2. The van der Waals surface area contributed by atoms with Gasteiger partial charge in [0.15, 0.2) is 0 Å². The van der Waals surface area contributed by atoms with Crippen LogP contribution in [0.5, 0.6) is 0 Å². The van der Waals surface area contributed by atoms with Crippen molar-refractivity contribution in [3.63, 3.8) is 0 Å². The van der Waals surface area contributed by atoms with Crippen LogP contribution in [0.25, 0.3) is 0 Å². The minimum atomic E-state index is 1.14. The predicted molar refractivity (Wildman–Crippen MR) is 377 cm³/mol. The first-order valence-electron chi connectivity index (χ1n) is 37.7. The first-order chi connectivity index (χ1) is 41.4. The average molecular weight is 1140 g/mol. The van der Waals surface area contributed by atoms with Crippen LogP contribution in [0.3, 0.4) is 0 Å². The van der Waals surface area contributed by atoms with Crippen molar-refractivity contribution in [2.24, 2.45) is 23.7 Å². The van der Waals surface area contributed by atoms with Crippen LogP contribution in [0.2, 0.25) is 0 Å². The number of benzene rings is 1. The number of rotatable bonds is 0. The van der Waals surface area contributed by atoms with E-state index in [0.29, 0.717) is 0 Å². The fourth-order valence-corrected chi connectivity index (χ4v) is 12.6. The Morgan fingerprint density at radius 3 is 0.530 bits per heavy atom. The molecule has 15 aliphatic carbocycles. The number of fused-ring (bicyclic) bond motifs is 2. The second-order valence-electron chi connectivity index (χ2n) is 26.7. The average Bonchev–Trinajstić information content (AvgIpc) is 4.39. The number of hydrogen-bond acceptors (Lipinski definition) is 0. The quantitative estimate of drug-likeness (QED) is 0.179. The molecule has 0 saturated heterocycles. The molecule has 16 rings (SSSR count). The molecule has 1 aromatic carbocycles. The maximum Gasteiger partial charge on any atom is -0.0163 e. The molecule has 15 aliphatic rings. The van der Waals surface area contributed by atoms with Gasteiger partial charge in [-0.05, 0) is 107 Å². The smallest absolute Gasteiger partial charge is 0.0163 e. The summed E-state index contributed by atoms with van der Waals surface area (Å²) >= 11 is 0. The Hall–Kier alpha value is -2.86. The van der Waals surface area contributed by atoms with E-state index < -0.39 is 0 Å². The van der Waals surface area contributed by atoms with E-state index in [1.165, 1.54) is 325 Å². The Bertz CT molecular complexity index is 1490. The summed E-state index contributed by atoms with van der Waals surface area (Å²) in [5.74, 6) is 4.74. The van der Waals surface area contributed by atoms with Crippen molar-refractivity contribution in [2.75, 3.05) is 0 Å². The zero-order valence-electron chi connectivity index (χ0n) is 55.3. The zero-order chi connectivity index (χ0) is 58.2. The van der Waals surface area contributed by atoms with E-state index in [0.717, 1.165) is 19.3 Å². The summed E-state index contributed by atoms with van der Waals surface area (Å²) in [4.78, 5) is 0. The molecule has 10 fully saturated rings. The Balaban J connectivity index is 0.000000236. The van der Waals surface area contributed by atoms with Gasteiger partial charge in [-0.1, -0.05) is 416 Å². The van der Waals surface area contributed by atoms with Gasteiger partial charge in [0.2, 0.25) is 0 Å². The predicted octanol–water partition coefficient (Wildman–Crippen LogP) is 28.9. The first-order valence-corrected chi connectivity index (χ1v) is 37.7. The van der Waals surface area contributed by atoms with Crippen LogP contribution in [0.15, 0.2) is 134 Å². The van der Waals surface area contributed by atoms with Crippen LogP contribution >= 0.6 is 0 Å². The molecule has 10 saturated carbocycles. The summed E-state index contributed by atoms with van der Waals surface area (Å²) in [7, 11) is 0. The highest BCUT2D eigenvalue weighted by Crippen LogP contribution is 2.49. The summed E-state index contributed by atoms with van der Waals surface area (Å²) in [6, 6.07) is 12.0. The van der Waals surface area contributed by atoms with Gasteiger partial charge in [0.05, 0.1) is 0 Å². The van der Waals surface area contributed by atoms with Crippen LogP contribution in [0.4, 0.5) is 0 Å². The highest BCUT2D eigenvalue weighted by Gasteiger charge is 2.38. The van der Waals surface area contributed by atoms with Gasteiger partial charge in [-0.25, -0.2) is 0 Å². The first kappa shape index (κ1) is 74.4. The topological polar surface area (TPSA) is 0 Å². The summed E-state index contributed by atoms with van der Waals surface area (Å²) in [6.45, 7) is 0. The molecular formula is C83H140. The van der Waals surface area contributed by atoms with E-state index >= 15 is 0 Å². The van der Waals surface area contributed by atoms with Crippen LogP contribution < -0.4 is 0 Å². The lowest BCUT2D eigenvalue weighted by molar-refractivity contribution is 0.277. The van der Waals surface area contributed by atoms with Crippen LogP contribution in [0.1, 0.15) is 366 Å². The third-order valence-corrected chi connectivity index (χ3v) is 18.7. The van der Waals surface area contributed by atoms with E-state index in [4.69, 9.17) is 0 Å². The van der Waals surface area contributed by atoms with E-state index in [9.17, 15) is 0 Å². The lowest BCUT2D eigenvalue weighted by Crippen LogP contribution is -2.12. The molecule has 83 heavy (non-hydrogen) atoms. The SMILES string of the molecule is C1=CCC=C1.C1=CCC=CC1.C1=CCCC1.C1=CCCC=C1.C1=CCCCC1.C1CC1.C1CCC1.C1CCC2CC2C1.C1CCC2CCCC2C1.C1CCCC1.C1CCCCC1.C1CCCCCC1.C1CCCCCCC1.c1ccccc1. The Labute approximate surface area is 520 Å². The normalized spacial score (nSPS) is 25.3. The van der Waals surface area contributed by atoms with Crippen molar-refractivity contribution in [1.29, 1.82) is 0 Å². The third-order valence-electron chi connectivity index (χ3n) is 18.7. The number of hydrogen-bond donors (Lipinski definition) is 0. The monoisotopic (exact) mass is 1140 g/mol. The molecule has 0 nitrogen and oxygen atoms in total. The van der Waals surface area contributed by atoms with Gasteiger partial charge >= 0.3 is 0 Å². The van der Waals surface area contributed by atoms with Crippen LogP contribution in [0, 0.1) is 23.7 Å². The van der Waals surface area contributed by atoms with Crippen LogP contribution in [-0.4, -0.2) is 0 Å². The molecule has 0 aromatic heterocycles. The van der Waals surface area contributed by atoms with E-state index in [2.05, 4.69) is 97.2 Å². The summed E-state index contributed by atoms with van der Waals surface area (Å²) in [5, 5.41) is 0. The third kappa shape index (κ3) is 55.5. The van der Waals surface area contributed by atoms with Gasteiger partial charge in [0.25, 0.3) is 0 Å². The van der Waals surface area contributed by atoms with Gasteiger partial charge in [-0.15, -0.1) is 0 Å². The molecule has 4 unspecified atom stereocenters. The lowest BCUT2D eigenvalue weighted by Gasteiger charge is -2.24. The van der Waals surface area contributed by atoms with Gasteiger partial charge in [0, 0.05) is 0 Å². The van der Waals surface area contributed by atoms with Crippen molar-refractivity contribution in [3.8, 4) is 0 Å². The molecule has 0 aliphatic heterocycles. The number of allylic oxidation sites excluding steroid dienone is 16. The van der Waals surface area contributed by atoms with Crippen LogP contribution in [-0.2, 0) is 0 Å². The minimum Gasteiger partial charge on any atom is -0.0885 e. The summed E-state index contributed by atoms with van der Waals surface area (Å²) in [6.07, 6.45) is 118. The van der Waals surface area contributed by atoms with Gasteiger partial charge in [-0.3, -0.25) is 0 Å². The minimum absolute atomic E-state index is 1.14. The molecule has 0 N–H and O–H groups in total. The molecule has 472 valence electrons. The van der Waals surface area contributed by atoms with Crippen molar-refractivity contribution in [1.82, 2.24) is 0 Å². The molecule has 4 atom stereocenters. The van der Waals surface area contributed by atoms with Gasteiger partial charge in [0.1, 0.15) is 0 Å². The fourth-order valence-electron chi connectivity index (χ4n) is 12.6. The molecule has 0 heteroatoms. The van der Waals surface area contributed by atoms with Crippen molar-refractivity contribution in [2.45, 2.75) is 366 Å². The molecule has 1 aromatic rings. The molecule has 0 heterocycles. The Kier molecular flexibility index (Phi) is 55.8. The van der Waals surface area contributed by atoms with E-state index in [-0.39, 0.29) is 0 Å². The second-order valence-corrected chi connectivity index (χ2v) is 26.7. The van der Waals surface area contributed by atoms with Gasteiger partial charge < -0.3 is 0 Å². The summed E-state index contributed by atoms with van der Waals surface area (Å²) in [5.41, 5.74) is 0. The molecule has 0 bridgehead atoms. The summed E-state index contributed by atoms with van der Waals surface area (Å²) < 4.78 is 0. The molecular weight excluding hydrogens is 997 g/mol. The van der Waals surface area contributed by atoms with E-state index in [1.54, 1.807) is 44.9 Å². The zero-order valence-corrected chi connectivity index (χ0v) is 55.3. The highest BCUT2D eigenvalue weighted by atomic mass is 14.4. The lowest BCUT2D eigenvalue weighted by atomic mass is 9.82. The maximum absolute atomic E-state index is 2.27. The largest absolute Gasteiger partial charge is 0.0885 e. The van der Waals surface area contributed by atoms with Gasteiger partial charge in [-0.2, -0.15) is 0 Å². The van der Waals surface area contributed by atoms with Crippen molar-refractivity contribution < 1.29 is 0 Å². The maximum atomic E-state index is 2.27. The standard InChI is InChI=1S/C9H16.C8H16.C7H12.C7H14.C6H12.C6H10.2C6H8.C6H6.C5H10.C5H8.C5H6.C4H8.C3H6/c1-2-5-9-7-3-6-8(9)4-1;1-2-4-6-8-7-5-3-1;1-2-4-7-5-6(7)3-1;1-2-4-6-7-5-3-1;5*1-2-4-6-5-3-1;3*1-2-4-5-3-1;1-2-4-3-1;1-2-3-1/h8-9H,1-7H2;1-8H2;6-7H,1-5H2;1-7H2;1-6H2;1-2H,3-6H2;1-2,5-6H,3-4H2;1-4H,5-6H2;1-6H;1-5H2;1-2H,3-5H2;1-4H,5H2;1-4H2;1-3H2. The molecule has 0 amide bonds.